The average molecular weight is 346 g/mol. The molecule has 0 saturated heterocycles. The van der Waals surface area contributed by atoms with Crippen molar-refractivity contribution in [2.75, 3.05) is 11.9 Å². The first kappa shape index (κ1) is 15.3. The lowest BCUT2D eigenvalue weighted by Gasteiger charge is -2.02. The van der Waals surface area contributed by atoms with Crippen molar-refractivity contribution in [2.24, 2.45) is 5.16 Å². The van der Waals surface area contributed by atoms with Crippen LogP contribution < -0.4 is 0 Å². The minimum Gasteiger partial charge on any atom is -0.508 e. The van der Waals surface area contributed by atoms with Crippen LogP contribution in [0.5, 0.6) is 5.75 Å². The highest BCUT2D eigenvalue weighted by Gasteiger charge is 2.00. The van der Waals surface area contributed by atoms with E-state index in [1.165, 1.54) is 0 Å². The highest BCUT2D eigenvalue weighted by Crippen LogP contribution is 2.12. The normalized spacial score (nSPS) is 11.8. The van der Waals surface area contributed by atoms with E-state index in [2.05, 4.69) is 21.1 Å². The molecule has 0 spiro atoms. The van der Waals surface area contributed by atoms with Gasteiger partial charge < -0.3 is 9.94 Å². The third kappa shape index (κ3) is 5.08. The Hall–Kier alpha value is -2.07. The highest BCUT2D eigenvalue weighted by molar-refractivity contribution is 9.09. The van der Waals surface area contributed by atoms with Gasteiger partial charge in [0.2, 0.25) is 0 Å². The Balaban J connectivity index is 2.19. The van der Waals surface area contributed by atoms with Crippen LogP contribution in [0.25, 0.3) is 6.08 Å². The van der Waals surface area contributed by atoms with Gasteiger partial charge in [-0.3, -0.25) is 0 Å². The molecular weight excluding hydrogens is 330 g/mol. The van der Waals surface area contributed by atoms with Gasteiger partial charge in [-0.05, 0) is 23.8 Å². The second-order valence-corrected chi connectivity index (χ2v) is 5.08. The zero-order valence-corrected chi connectivity index (χ0v) is 13.0. The molecule has 2 aromatic carbocycles. The fraction of sp³-hybridized carbons (Fsp3) is 0.118. The molecule has 0 heterocycles. The summed E-state index contributed by atoms with van der Waals surface area (Å²) in [6.45, 7) is 0.517. The fourth-order valence-electron chi connectivity index (χ4n) is 1.70. The van der Waals surface area contributed by atoms with Crippen molar-refractivity contribution in [1.82, 2.24) is 0 Å². The second-order valence-electron chi connectivity index (χ2n) is 4.29. The molecule has 0 aromatic heterocycles. The predicted molar refractivity (Wildman–Crippen MR) is 89.9 cm³/mol. The number of aromatic hydroxyl groups is 1. The molecule has 0 aliphatic rings. The molecule has 0 saturated carbocycles. The van der Waals surface area contributed by atoms with Crippen LogP contribution in [0.2, 0.25) is 0 Å². The molecule has 3 nitrogen and oxygen atoms in total. The summed E-state index contributed by atoms with van der Waals surface area (Å²) >= 11 is 3.30. The quantitative estimate of drug-likeness (QED) is 0.368. The van der Waals surface area contributed by atoms with E-state index in [1.807, 2.05) is 54.6 Å². The average Bonchev–Trinajstić information content (AvgIpc) is 2.53. The van der Waals surface area contributed by atoms with Crippen molar-refractivity contribution in [3.05, 3.63) is 71.8 Å². The van der Waals surface area contributed by atoms with Crippen LogP contribution in [-0.4, -0.2) is 22.8 Å². The molecule has 1 N–H and O–H groups in total. The molecule has 108 valence electrons. The van der Waals surface area contributed by atoms with Crippen molar-refractivity contribution in [1.29, 1.82) is 0 Å². The molecule has 0 bridgehead atoms. The van der Waals surface area contributed by atoms with E-state index >= 15 is 0 Å². The van der Waals surface area contributed by atoms with Gasteiger partial charge in [0.15, 0.2) is 0 Å². The summed E-state index contributed by atoms with van der Waals surface area (Å²) in [5.41, 5.74) is 2.73. The van der Waals surface area contributed by atoms with E-state index in [9.17, 15) is 5.11 Å². The number of allylic oxidation sites excluding steroid dienone is 1. The summed E-state index contributed by atoms with van der Waals surface area (Å²) in [6.07, 6.45) is 3.83. The number of rotatable bonds is 6. The van der Waals surface area contributed by atoms with E-state index in [-0.39, 0.29) is 5.75 Å². The Morgan fingerprint density at radius 2 is 1.81 bits per heavy atom. The number of oxime groups is 1. The zero-order chi connectivity index (χ0) is 14.9. The molecule has 0 aliphatic heterocycles. The summed E-state index contributed by atoms with van der Waals surface area (Å²) in [5, 5.41) is 14.2. The van der Waals surface area contributed by atoms with Crippen LogP contribution in [0.3, 0.4) is 0 Å². The van der Waals surface area contributed by atoms with E-state index < -0.39 is 0 Å². The van der Waals surface area contributed by atoms with Crippen LogP contribution in [-0.2, 0) is 4.84 Å². The smallest absolute Gasteiger partial charge is 0.126 e. The lowest BCUT2D eigenvalue weighted by Crippen LogP contribution is -1.99. The van der Waals surface area contributed by atoms with Gasteiger partial charge in [-0.1, -0.05) is 69.6 Å². The highest BCUT2D eigenvalue weighted by atomic mass is 79.9. The van der Waals surface area contributed by atoms with E-state index in [0.717, 1.165) is 22.2 Å². The monoisotopic (exact) mass is 345 g/mol. The van der Waals surface area contributed by atoms with Gasteiger partial charge in [-0.2, -0.15) is 0 Å². The zero-order valence-electron chi connectivity index (χ0n) is 11.4. The molecule has 0 aliphatic carbocycles. The topological polar surface area (TPSA) is 41.8 Å². The van der Waals surface area contributed by atoms with Gasteiger partial charge in [0, 0.05) is 10.9 Å². The Morgan fingerprint density at radius 1 is 1.10 bits per heavy atom. The molecule has 2 aromatic rings. The number of hydrogen-bond acceptors (Lipinski definition) is 3. The molecular formula is C17H16BrNO2. The second kappa shape index (κ2) is 8.27. The first-order valence-electron chi connectivity index (χ1n) is 6.58. The summed E-state index contributed by atoms with van der Waals surface area (Å²) in [6, 6.07) is 16.8. The molecule has 2 rings (SSSR count). The number of phenols is 1. The first-order chi connectivity index (χ1) is 10.3. The molecule has 0 atom stereocenters. The minimum absolute atomic E-state index is 0.254. The first-order valence-corrected chi connectivity index (χ1v) is 7.70. The summed E-state index contributed by atoms with van der Waals surface area (Å²) in [5.74, 6) is 0.254. The summed E-state index contributed by atoms with van der Waals surface area (Å²) in [4.78, 5) is 5.26. The van der Waals surface area contributed by atoms with Crippen LogP contribution >= 0.6 is 15.9 Å². The van der Waals surface area contributed by atoms with E-state index in [1.54, 1.807) is 12.1 Å². The Kier molecular flexibility index (Phi) is 6.03. The Morgan fingerprint density at radius 3 is 2.48 bits per heavy atom. The number of alkyl halides is 1. The van der Waals surface area contributed by atoms with Crippen LogP contribution in [0.1, 0.15) is 11.1 Å². The lowest BCUT2D eigenvalue weighted by molar-refractivity contribution is 0.162. The van der Waals surface area contributed by atoms with Crippen LogP contribution in [0.4, 0.5) is 0 Å². The van der Waals surface area contributed by atoms with Gasteiger partial charge in [0.25, 0.3) is 0 Å². The van der Waals surface area contributed by atoms with Gasteiger partial charge in [0.05, 0.1) is 0 Å². The minimum atomic E-state index is 0.254. The van der Waals surface area contributed by atoms with Crippen molar-refractivity contribution in [2.45, 2.75) is 0 Å². The lowest BCUT2D eigenvalue weighted by atomic mass is 10.1. The third-order valence-corrected chi connectivity index (χ3v) is 3.05. The Labute approximate surface area is 132 Å². The molecule has 0 fully saturated rings. The number of hydrogen-bond donors (Lipinski definition) is 1. The summed E-state index contributed by atoms with van der Waals surface area (Å²) in [7, 11) is 0. The van der Waals surface area contributed by atoms with Crippen LogP contribution in [0.15, 0.2) is 65.8 Å². The van der Waals surface area contributed by atoms with Gasteiger partial charge >= 0.3 is 0 Å². The van der Waals surface area contributed by atoms with Crippen molar-refractivity contribution in [3.8, 4) is 5.75 Å². The van der Waals surface area contributed by atoms with Crippen molar-refractivity contribution in [3.63, 3.8) is 0 Å². The van der Waals surface area contributed by atoms with Gasteiger partial charge in [-0.15, -0.1) is 0 Å². The third-order valence-electron chi connectivity index (χ3n) is 2.73. The standard InChI is InChI=1S/C17H16BrNO2/c18-12-13-21-19-17(15-4-2-1-3-5-15)11-8-14-6-9-16(20)10-7-14/h1-11,20H,12-13H2/b11-8+,19-17-. The molecule has 21 heavy (non-hydrogen) atoms. The van der Waals surface area contributed by atoms with Crippen LogP contribution in [0, 0.1) is 0 Å². The number of nitrogens with zero attached hydrogens (tertiary/aromatic N) is 1. The maximum Gasteiger partial charge on any atom is 0.126 e. The maximum atomic E-state index is 9.28. The summed E-state index contributed by atoms with van der Waals surface area (Å²) < 4.78 is 0. The van der Waals surface area contributed by atoms with Crippen molar-refractivity contribution < 1.29 is 9.94 Å². The number of halogens is 1. The SMILES string of the molecule is Oc1ccc(/C=C/C(=N/OCCBr)c2ccccc2)cc1. The Bertz CT molecular complexity index is 606. The molecule has 4 heteroatoms. The van der Waals surface area contributed by atoms with Gasteiger partial charge in [0.1, 0.15) is 18.1 Å². The predicted octanol–water partition coefficient (Wildman–Crippen LogP) is 4.22. The fourth-order valence-corrected chi connectivity index (χ4v) is 1.84. The van der Waals surface area contributed by atoms with E-state index in [0.29, 0.717) is 6.61 Å². The maximum absolute atomic E-state index is 9.28. The largest absolute Gasteiger partial charge is 0.508 e. The molecule has 0 radical (unpaired) electrons. The van der Waals surface area contributed by atoms with Crippen molar-refractivity contribution >= 4 is 27.7 Å². The molecule has 0 unspecified atom stereocenters. The number of benzene rings is 2. The molecule has 0 amide bonds. The number of phenolic OH excluding ortho intramolecular Hbond substituents is 1. The van der Waals surface area contributed by atoms with Gasteiger partial charge in [-0.25, -0.2) is 0 Å². The van der Waals surface area contributed by atoms with E-state index in [4.69, 9.17) is 4.84 Å².